The maximum Gasteiger partial charge on any atom is 0.161 e. The van der Waals surface area contributed by atoms with Gasteiger partial charge in [-0.1, -0.05) is 18.2 Å². The van der Waals surface area contributed by atoms with Crippen LogP contribution in [0.15, 0.2) is 53.9 Å². The summed E-state index contributed by atoms with van der Waals surface area (Å²) in [5.41, 5.74) is 7.22. The van der Waals surface area contributed by atoms with E-state index in [1.165, 1.54) is 0 Å². The molecular weight excluding hydrogens is 332 g/mol. The number of ether oxygens (including phenoxy) is 2. The number of methoxy groups -OCH3 is 2. The molecule has 1 aromatic heterocycles. The predicted octanol–water partition coefficient (Wildman–Crippen LogP) is 2.12. The van der Waals surface area contributed by atoms with Gasteiger partial charge in [0.2, 0.25) is 0 Å². The second-order valence-corrected chi connectivity index (χ2v) is 5.86. The van der Waals surface area contributed by atoms with Crippen molar-refractivity contribution < 1.29 is 9.47 Å². The summed E-state index contributed by atoms with van der Waals surface area (Å²) in [6.45, 7) is 0. The second kappa shape index (κ2) is 6.83. The number of benzene rings is 2. The van der Waals surface area contributed by atoms with Gasteiger partial charge in [-0.2, -0.15) is 5.10 Å². The molecule has 132 valence electrons. The smallest absolute Gasteiger partial charge is 0.161 e. The van der Waals surface area contributed by atoms with Gasteiger partial charge in [0.25, 0.3) is 0 Å². The molecule has 0 fully saturated rings. The molecular formula is C18H18N6O2. The third kappa shape index (κ3) is 2.97. The third-order valence-electron chi connectivity index (χ3n) is 4.36. The zero-order chi connectivity index (χ0) is 17.9. The number of hydrogen-bond acceptors (Lipinski definition) is 7. The van der Waals surface area contributed by atoms with Crippen molar-refractivity contribution in [3.8, 4) is 17.2 Å². The molecule has 1 aliphatic heterocycles. The first kappa shape index (κ1) is 16.1. The molecule has 8 nitrogen and oxygen atoms in total. The van der Waals surface area contributed by atoms with E-state index in [-0.39, 0.29) is 6.04 Å². The van der Waals surface area contributed by atoms with Gasteiger partial charge in [-0.15, -0.1) is 5.10 Å². The van der Waals surface area contributed by atoms with Crippen LogP contribution < -0.4 is 14.9 Å². The van der Waals surface area contributed by atoms with Gasteiger partial charge < -0.3 is 14.9 Å². The van der Waals surface area contributed by atoms with Crippen molar-refractivity contribution in [2.45, 2.75) is 12.5 Å². The Hall–Kier alpha value is -3.42. The molecule has 4 rings (SSSR count). The topological polar surface area (TPSA) is 86.5 Å². The van der Waals surface area contributed by atoms with Crippen LogP contribution in [-0.4, -0.2) is 40.1 Å². The molecule has 1 atom stereocenters. The Balaban J connectivity index is 1.55. The lowest BCUT2D eigenvalue weighted by atomic mass is 9.98. The highest BCUT2D eigenvalue weighted by Crippen LogP contribution is 2.33. The second-order valence-electron chi connectivity index (χ2n) is 5.86. The molecule has 26 heavy (non-hydrogen) atoms. The van der Waals surface area contributed by atoms with Crippen LogP contribution in [0.1, 0.15) is 23.6 Å². The summed E-state index contributed by atoms with van der Waals surface area (Å²) in [4.78, 5) is 0. The fourth-order valence-corrected chi connectivity index (χ4v) is 2.99. The molecule has 0 aliphatic carbocycles. The summed E-state index contributed by atoms with van der Waals surface area (Å²) in [5, 5.41) is 15.8. The molecule has 0 saturated heterocycles. The van der Waals surface area contributed by atoms with Gasteiger partial charge in [-0.3, -0.25) is 0 Å². The standard InChI is InChI=1S/C18H18N6O2/c1-25-17-7-6-13(9-18(17)26-2)16-10-15(20-21-16)12-4-3-5-14(8-12)24-11-19-22-23-24/h3-9,11,16,21H,10H2,1-2H3. The van der Waals surface area contributed by atoms with Crippen molar-refractivity contribution in [3.63, 3.8) is 0 Å². The minimum atomic E-state index is 0.0847. The molecule has 2 aromatic carbocycles. The Morgan fingerprint density at radius 2 is 1.96 bits per heavy atom. The first-order valence-electron chi connectivity index (χ1n) is 8.16. The number of nitrogens with zero attached hydrogens (tertiary/aromatic N) is 5. The van der Waals surface area contributed by atoms with Crippen LogP contribution in [0.5, 0.6) is 11.5 Å². The lowest BCUT2D eigenvalue weighted by Crippen LogP contribution is -2.10. The molecule has 1 aliphatic rings. The Kier molecular flexibility index (Phi) is 4.22. The van der Waals surface area contributed by atoms with Crippen LogP contribution >= 0.6 is 0 Å². The normalized spacial score (nSPS) is 16.1. The van der Waals surface area contributed by atoms with Crippen LogP contribution in [0.25, 0.3) is 5.69 Å². The summed E-state index contributed by atoms with van der Waals surface area (Å²) >= 11 is 0. The number of rotatable bonds is 5. The van der Waals surface area contributed by atoms with E-state index in [4.69, 9.17) is 9.47 Å². The highest BCUT2D eigenvalue weighted by molar-refractivity contribution is 6.02. The van der Waals surface area contributed by atoms with Crippen molar-refractivity contribution in [2.24, 2.45) is 5.10 Å². The monoisotopic (exact) mass is 350 g/mol. The number of hydrogen-bond donors (Lipinski definition) is 1. The maximum atomic E-state index is 5.39. The number of tetrazole rings is 1. The number of aromatic nitrogens is 4. The van der Waals surface area contributed by atoms with Gasteiger partial charge in [-0.05, 0) is 45.8 Å². The van der Waals surface area contributed by atoms with E-state index in [2.05, 4.69) is 26.1 Å². The van der Waals surface area contributed by atoms with Crippen LogP contribution in [-0.2, 0) is 0 Å². The molecule has 0 radical (unpaired) electrons. The average molecular weight is 350 g/mol. The summed E-state index contributed by atoms with van der Waals surface area (Å²) < 4.78 is 12.3. The van der Waals surface area contributed by atoms with Crippen molar-refractivity contribution in [1.82, 2.24) is 25.6 Å². The maximum absolute atomic E-state index is 5.39. The number of hydrazone groups is 1. The Bertz CT molecular complexity index is 939. The van der Waals surface area contributed by atoms with Gasteiger partial charge in [0.05, 0.1) is 31.7 Å². The third-order valence-corrected chi connectivity index (χ3v) is 4.36. The molecule has 3 aromatic rings. The minimum absolute atomic E-state index is 0.0847. The Morgan fingerprint density at radius 3 is 2.73 bits per heavy atom. The quantitative estimate of drug-likeness (QED) is 0.758. The molecule has 0 bridgehead atoms. The number of nitrogens with one attached hydrogen (secondary N) is 1. The summed E-state index contributed by atoms with van der Waals surface area (Å²) in [6, 6.07) is 14.0. The minimum Gasteiger partial charge on any atom is -0.493 e. The van der Waals surface area contributed by atoms with Gasteiger partial charge in [0, 0.05) is 6.42 Å². The van der Waals surface area contributed by atoms with Crippen molar-refractivity contribution >= 4 is 5.71 Å². The Morgan fingerprint density at radius 1 is 1.08 bits per heavy atom. The lowest BCUT2D eigenvalue weighted by Gasteiger charge is -2.14. The summed E-state index contributed by atoms with van der Waals surface area (Å²) in [6.07, 6.45) is 2.34. The van der Waals surface area contributed by atoms with Gasteiger partial charge in [0.15, 0.2) is 11.5 Å². The van der Waals surface area contributed by atoms with Crippen molar-refractivity contribution in [3.05, 3.63) is 59.9 Å². The fourth-order valence-electron chi connectivity index (χ4n) is 2.99. The molecule has 8 heteroatoms. The lowest BCUT2D eigenvalue weighted by molar-refractivity contribution is 0.354. The Labute approximate surface area is 150 Å². The molecule has 1 unspecified atom stereocenters. The average Bonchev–Trinajstić information content (AvgIpc) is 3.39. The highest BCUT2D eigenvalue weighted by atomic mass is 16.5. The van der Waals surface area contributed by atoms with E-state index in [9.17, 15) is 0 Å². The first-order chi connectivity index (χ1) is 12.8. The van der Waals surface area contributed by atoms with Gasteiger partial charge in [0.1, 0.15) is 6.33 Å². The van der Waals surface area contributed by atoms with Crippen LogP contribution in [0.4, 0.5) is 0 Å². The van der Waals surface area contributed by atoms with Crippen LogP contribution in [0, 0.1) is 0 Å². The molecule has 0 saturated carbocycles. The van der Waals surface area contributed by atoms with Crippen molar-refractivity contribution in [1.29, 1.82) is 0 Å². The zero-order valence-electron chi connectivity index (χ0n) is 14.5. The van der Waals surface area contributed by atoms with E-state index in [0.29, 0.717) is 11.5 Å². The van der Waals surface area contributed by atoms with E-state index in [1.807, 2.05) is 42.5 Å². The van der Waals surface area contributed by atoms with Crippen molar-refractivity contribution in [2.75, 3.05) is 14.2 Å². The van der Waals surface area contributed by atoms with Gasteiger partial charge >= 0.3 is 0 Å². The zero-order valence-corrected chi connectivity index (χ0v) is 14.5. The molecule has 0 spiro atoms. The van der Waals surface area contributed by atoms with E-state index in [0.717, 1.165) is 28.9 Å². The predicted molar refractivity (Wildman–Crippen MR) is 95.7 cm³/mol. The summed E-state index contributed by atoms with van der Waals surface area (Å²) in [5.74, 6) is 1.42. The first-order valence-corrected chi connectivity index (χ1v) is 8.16. The molecule has 0 amide bonds. The molecule has 2 heterocycles. The fraction of sp³-hybridized carbons (Fsp3) is 0.222. The van der Waals surface area contributed by atoms with Crippen LogP contribution in [0.3, 0.4) is 0 Å². The SMILES string of the molecule is COc1ccc(C2CC(c3cccc(-n4cnnn4)c3)=NN2)cc1OC. The molecule has 1 N–H and O–H groups in total. The van der Waals surface area contributed by atoms with E-state index < -0.39 is 0 Å². The van der Waals surface area contributed by atoms with Crippen LogP contribution in [0.2, 0.25) is 0 Å². The van der Waals surface area contributed by atoms with E-state index in [1.54, 1.807) is 25.2 Å². The largest absolute Gasteiger partial charge is 0.493 e. The van der Waals surface area contributed by atoms with Gasteiger partial charge in [-0.25, -0.2) is 4.68 Å². The highest BCUT2D eigenvalue weighted by Gasteiger charge is 2.22. The van der Waals surface area contributed by atoms with E-state index >= 15 is 0 Å². The summed E-state index contributed by atoms with van der Waals surface area (Å²) in [7, 11) is 3.26.